The van der Waals surface area contributed by atoms with E-state index in [2.05, 4.69) is 0 Å². The molecule has 0 radical (unpaired) electrons. The minimum atomic E-state index is -0.962. The summed E-state index contributed by atoms with van der Waals surface area (Å²) in [6.45, 7) is 0. The van der Waals surface area contributed by atoms with E-state index < -0.39 is 12.0 Å². The zero-order chi connectivity index (χ0) is 10.6. The van der Waals surface area contributed by atoms with E-state index in [1.54, 1.807) is 12.1 Å². The summed E-state index contributed by atoms with van der Waals surface area (Å²) in [6.07, 6.45) is 1.11. The van der Waals surface area contributed by atoms with E-state index in [0.29, 0.717) is 12.7 Å². The molecule has 0 aliphatic heterocycles. The average Bonchev–Trinajstić information content (AvgIpc) is 2.18. The van der Waals surface area contributed by atoms with Gasteiger partial charge < -0.3 is 15.6 Å². The Balaban J connectivity index is 2.73. The third-order valence-corrected chi connectivity index (χ3v) is 1.85. The van der Waals surface area contributed by atoms with E-state index in [-0.39, 0.29) is 5.56 Å². The molecule has 3 N–H and O–H groups in total. The molecule has 0 saturated carbocycles. The van der Waals surface area contributed by atoms with Crippen LogP contribution in [0.5, 0.6) is 0 Å². The first-order valence-electron chi connectivity index (χ1n) is 4.16. The Morgan fingerprint density at radius 2 is 2.00 bits per heavy atom. The zero-order valence-electron chi connectivity index (χ0n) is 7.51. The van der Waals surface area contributed by atoms with E-state index in [1.165, 1.54) is 12.1 Å². The number of rotatable bonds is 4. The first-order valence-corrected chi connectivity index (χ1v) is 4.16. The highest BCUT2D eigenvalue weighted by Gasteiger charge is 2.04. The maximum absolute atomic E-state index is 10.5. The van der Waals surface area contributed by atoms with Gasteiger partial charge in [-0.15, -0.1) is 0 Å². The third-order valence-electron chi connectivity index (χ3n) is 1.85. The molecule has 1 rings (SSSR count). The van der Waals surface area contributed by atoms with E-state index in [9.17, 15) is 9.59 Å². The lowest BCUT2D eigenvalue weighted by Crippen LogP contribution is -2.24. The number of carbonyl (C=O) groups is 2. The Bertz CT molecular complexity index is 332. The molecule has 1 unspecified atom stereocenters. The van der Waals surface area contributed by atoms with Gasteiger partial charge in [-0.1, -0.05) is 12.1 Å². The van der Waals surface area contributed by atoms with Crippen molar-refractivity contribution in [1.29, 1.82) is 0 Å². The van der Waals surface area contributed by atoms with Gasteiger partial charge in [0.25, 0.3) is 0 Å². The molecule has 0 spiro atoms. The molecule has 4 nitrogen and oxygen atoms in total. The van der Waals surface area contributed by atoms with Crippen LogP contribution in [0.3, 0.4) is 0 Å². The van der Waals surface area contributed by atoms with Gasteiger partial charge in [0.1, 0.15) is 6.29 Å². The van der Waals surface area contributed by atoms with Crippen molar-refractivity contribution in [2.75, 3.05) is 0 Å². The summed E-state index contributed by atoms with van der Waals surface area (Å²) < 4.78 is 0. The highest BCUT2D eigenvalue weighted by Crippen LogP contribution is 2.05. The highest BCUT2D eigenvalue weighted by atomic mass is 16.4. The fraction of sp³-hybridized carbons (Fsp3) is 0.200. The quantitative estimate of drug-likeness (QED) is 0.680. The second-order valence-corrected chi connectivity index (χ2v) is 3.01. The van der Waals surface area contributed by atoms with Crippen LogP contribution in [0.1, 0.15) is 15.9 Å². The summed E-state index contributed by atoms with van der Waals surface area (Å²) in [5.74, 6) is -0.962. The van der Waals surface area contributed by atoms with Crippen LogP contribution in [0.15, 0.2) is 24.3 Å². The lowest BCUT2D eigenvalue weighted by molar-refractivity contribution is -0.108. The predicted molar refractivity (Wildman–Crippen MR) is 51.1 cm³/mol. The van der Waals surface area contributed by atoms with Gasteiger partial charge in [0.2, 0.25) is 0 Å². The molecule has 0 bridgehead atoms. The van der Waals surface area contributed by atoms with Crippen molar-refractivity contribution in [3.8, 4) is 0 Å². The number of carboxylic acids is 1. The van der Waals surface area contributed by atoms with E-state index in [0.717, 1.165) is 5.56 Å². The van der Waals surface area contributed by atoms with Crippen molar-refractivity contribution in [3.05, 3.63) is 35.4 Å². The molecule has 0 aliphatic rings. The Labute approximate surface area is 81.3 Å². The summed E-state index contributed by atoms with van der Waals surface area (Å²) >= 11 is 0. The largest absolute Gasteiger partial charge is 0.478 e. The minimum Gasteiger partial charge on any atom is -0.478 e. The van der Waals surface area contributed by atoms with Gasteiger partial charge in [-0.2, -0.15) is 0 Å². The molecule has 0 aliphatic carbocycles. The Morgan fingerprint density at radius 3 is 2.43 bits per heavy atom. The maximum Gasteiger partial charge on any atom is 0.335 e. The fourth-order valence-corrected chi connectivity index (χ4v) is 1.10. The van der Waals surface area contributed by atoms with Crippen LogP contribution in [-0.2, 0) is 11.2 Å². The van der Waals surface area contributed by atoms with Crippen LogP contribution >= 0.6 is 0 Å². The van der Waals surface area contributed by atoms with Gasteiger partial charge in [-0.3, -0.25) is 0 Å². The molecule has 1 aromatic carbocycles. The normalized spacial score (nSPS) is 12.1. The van der Waals surface area contributed by atoms with Gasteiger partial charge in [-0.25, -0.2) is 4.79 Å². The summed E-state index contributed by atoms with van der Waals surface area (Å²) in [5, 5.41) is 8.62. The molecular formula is C10H11NO3. The SMILES string of the molecule is NC(C=O)Cc1ccc(C(=O)O)cc1. The number of nitrogens with two attached hydrogens (primary N) is 1. The Kier molecular flexibility index (Phi) is 3.36. The molecule has 74 valence electrons. The second kappa shape index (κ2) is 4.53. The van der Waals surface area contributed by atoms with Crippen molar-refractivity contribution in [1.82, 2.24) is 0 Å². The standard InChI is InChI=1S/C10H11NO3/c11-9(6-12)5-7-1-3-8(4-2-7)10(13)14/h1-4,6,9H,5,11H2,(H,13,14). The molecule has 1 aromatic rings. The van der Waals surface area contributed by atoms with Crippen LogP contribution in [0.2, 0.25) is 0 Å². The van der Waals surface area contributed by atoms with Crippen molar-refractivity contribution in [3.63, 3.8) is 0 Å². The van der Waals surface area contributed by atoms with Crippen LogP contribution in [-0.4, -0.2) is 23.4 Å². The lowest BCUT2D eigenvalue weighted by Gasteiger charge is -2.03. The van der Waals surface area contributed by atoms with Crippen LogP contribution in [0.4, 0.5) is 0 Å². The fourth-order valence-electron chi connectivity index (χ4n) is 1.10. The first-order chi connectivity index (χ1) is 6.63. The number of aromatic carboxylic acids is 1. The lowest BCUT2D eigenvalue weighted by atomic mass is 10.1. The van der Waals surface area contributed by atoms with Gasteiger partial charge in [0.05, 0.1) is 11.6 Å². The topological polar surface area (TPSA) is 80.4 Å². The van der Waals surface area contributed by atoms with Crippen LogP contribution in [0, 0.1) is 0 Å². The van der Waals surface area contributed by atoms with Gasteiger partial charge in [-0.05, 0) is 24.1 Å². The molecule has 1 atom stereocenters. The van der Waals surface area contributed by atoms with Gasteiger partial charge >= 0.3 is 5.97 Å². The highest BCUT2D eigenvalue weighted by molar-refractivity contribution is 5.87. The number of hydrogen-bond acceptors (Lipinski definition) is 3. The molecule has 14 heavy (non-hydrogen) atoms. The predicted octanol–water partition coefficient (Wildman–Crippen LogP) is 0.453. The monoisotopic (exact) mass is 193 g/mol. The number of aldehydes is 1. The smallest absolute Gasteiger partial charge is 0.335 e. The molecule has 0 amide bonds. The van der Waals surface area contributed by atoms with E-state index in [1.807, 2.05) is 0 Å². The average molecular weight is 193 g/mol. The van der Waals surface area contributed by atoms with Crippen molar-refractivity contribution < 1.29 is 14.7 Å². The van der Waals surface area contributed by atoms with Crippen LogP contribution < -0.4 is 5.73 Å². The summed E-state index contributed by atoms with van der Waals surface area (Å²) in [5.41, 5.74) is 6.50. The van der Waals surface area contributed by atoms with Crippen molar-refractivity contribution in [2.45, 2.75) is 12.5 Å². The van der Waals surface area contributed by atoms with Gasteiger partial charge in [0, 0.05) is 0 Å². The second-order valence-electron chi connectivity index (χ2n) is 3.01. The molecule has 0 heterocycles. The summed E-state index contributed by atoms with van der Waals surface area (Å²) in [6, 6.07) is 5.79. The molecular weight excluding hydrogens is 182 g/mol. The summed E-state index contributed by atoms with van der Waals surface area (Å²) in [7, 11) is 0. The number of carbonyl (C=O) groups excluding carboxylic acids is 1. The van der Waals surface area contributed by atoms with Crippen LogP contribution in [0.25, 0.3) is 0 Å². The zero-order valence-corrected chi connectivity index (χ0v) is 7.51. The minimum absolute atomic E-state index is 0.230. The third kappa shape index (κ3) is 2.67. The number of carboxylic acid groups (broad SMARTS) is 1. The van der Waals surface area contributed by atoms with Crippen molar-refractivity contribution >= 4 is 12.3 Å². The Morgan fingerprint density at radius 1 is 1.43 bits per heavy atom. The number of benzene rings is 1. The van der Waals surface area contributed by atoms with Crippen molar-refractivity contribution in [2.24, 2.45) is 5.73 Å². The molecule has 4 heteroatoms. The molecule has 0 saturated heterocycles. The first kappa shape index (κ1) is 10.4. The molecule has 0 aromatic heterocycles. The Hall–Kier alpha value is -1.68. The van der Waals surface area contributed by atoms with E-state index in [4.69, 9.17) is 10.8 Å². The number of hydrogen-bond donors (Lipinski definition) is 2. The molecule has 0 fully saturated rings. The maximum atomic E-state index is 10.5. The van der Waals surface area contributed by atoms with E-state index >= 15 is 0 Å². The van der Waals surface area contributed by atoms with Gasteiger partial charge in [0.15, 0.2) is 0 Å². The summed E-state index contributed by atoms with van der Waals surface area (Å²) in [4.78, 5) is 20.8.